The van der Waals surface area contributed by atoms with Crippen LogP contribution < -0.4 is 0 Å². The van der Waals surface area contributed by atoms with Gasteiger partial charge in [0.25, 0.3) is 0 Å². The molecule has 10 N–H and O–H groups in total. The second kappa shape index (κ2) is 20.7. The smallest absolute Gasteiger partial charge is 0.317 e. The average molecular weight is 1040 g/mol. The lowest BCUT2D eigenvalue weighted by Crippen LogP contribution is -2.66. The third-order valence-electron chi connectivity index (χ3n) is 20.1. The van der Waals surface area contributed by atoms with Gasteiger partial charge in [0.05, 0.1) is 44.6 Å². The van der Waals surface area contributed by atoms with Crippen molar-refractivity contribution in [1.29, 1.82) is 0 Å². The van der Waals surface area contributed by atoms with Crippen molar-refractivity contribution < 1.29 is 103 Å². The topological polar surface area (TPSA) is 327 Å². The summed E-state index contributed by atoms with van der Waals surface area (Å²) in [6, 6.07) is 0. The summed E-state index contributed by atoms with van der Waals surface area (Å²) in [5.41, 5.74) is -1.52. The predicted molar refractivity (Wildman–Crippen MR) is 251 cm³/mol. The molecule has 5 aliphatic carbocycles. The summed E-state index contributed by atoms with van der Waals surface area (Å²) in [6.45, 7) is 13.4. The first-order valence-corrected chi connectivity index (χ1v) is 26.2. The molecule has 416 valence electrons. The van der Waals surface area contributed by atoms with Crippen LogP contribution in [-0.4, -0.2) is 194 Å². The Labute approximate surface area is 426 Å². The molecule has 73 heavy (non-hydrogen) atoms. The fourth-order valence-corrected chi connectivity index (χ4v) is 15.3. The van der Waals surface area contributed by atoms with Crippen LogP contribution in [0.3, 0.4) is 0 Å². The van der Waals surface area contributed by atoms with Crippen LogP contribution in [0, 0.1) is 50.2 Å². The summed E-state index contributed by atoms with van der Waals surface area (Å²) in [6.07, 6.45) is -16.7. The van der Waals surface area contributed by atoms with E-state index >= 15 is 4.79 Å². The number of fused-ring (bicyclic) bond motifs is 7. The molecule has 0 spiro atoms. The average Bonchev–Trinajstić information content (AvgIpc) is 3.34. The number of methoxy groups -OCH3 is 1. The molecular formula is C52H82O21. The molecule has 8 rings (SSSR count). The van der Waals surface area contributed by atoms with E-state index in [1.54, 1.807) is 0 Å². The molecule has 3 aliphatic heterocycles. The zero-order chi connectivity index (χ0) is 53.5. The predicted octanol–water partition coefficient (Wildman–Crippen LogP) is 0.255. The molecule has 7 fully saturated rings. The van der Waals surface area contributed by atoms with Crippen molar-refractivity contribution in [3.63, 3.8) is 0 Å². The molecule has 3 unspecified atom stereocenters. The minimum Gasteiger partial charge on any atom is -0.469 e. The SMILES string of the molecule is COC(=O)CC(=O)OC[C@@]1(C)C2CC[C@]3(C)C(CC=C4C5CC(C)(C)CC[C@]5(C(=O)O[C@@H]5O[C@H](CO[C@@H]6O[C@H](CO)[C@@H](O[C@@H]7O[C@H](C)[C@H](O)[C@@H](O)[C@H]7O)[C@H](O)[C@H]6O)[C@@H](O)[C@H](O)[C@H]5O)CC[C@]43C)[C@@]2(C)CC[C@@H]1O. The second-order valence-corrected chi connectivity index (χ2v) is 24.6. The molecular weight excluding hydrogens is 961 g/mol. The molecule has 0 amide bonds. The number of carbonyl (C=O) groups excluding carboxylic acids is 3. The van der Waals surface area contributed by atoms with Gasteiger partial charge in [-0.25, -0.2) is 0 Å². The van der Waals surface area contributed by atoms with Gasteiger partial charge in [-0.3, -0.25) is 14.4 Å². The van der Waals surface area contributed by atoms with Crippen LogP contribution in [0.25, 0.3) is 0 Å². The Hall–Kier alpha value is -2.45. The lowest BCUT2D eigenvalue weighted by molar-refractivity contribution is -0.361. The maximum absolute atomic E-state index is 15.1. The monoisotopic (exact) mass is 1040 g/mol. The van der Waals surface area contributed by atoms with Crippen LogP contribution in [0.1, 0.15) is 119 Å². The van der Waals surface area contributed by atoms with E-state index in [1.807, 2.05) is 6.92 Å². The molecule has 21 heteroatoms. The first kappa shape index (κ1) is 56.7. The highest BCUT2D eigenvalue weighted by atomic mass is 16.8. The normalized spacial score (nSPS) is 50.4. The van der Waals surface area contributed by atoms with E-state index < -0.39 is 147 Å². The largest absolute Gasteiger partial charge is 0.469 e. The van der Waals surface area contributed by atoms with Crippen molar-refractivity contribution in [2.75, 3.05) is 26.9 Å². The van der Waals surface area contributed by atoms with Gasteiger partial charge in [-0.2, -0.15) is 0 Å². The van der Waals surface area contributed by atoms with Crippen molar-refractivity contribution in [2.45, 2.75) is 217 Å². The van der Waals surface area contributed by atoms with Crippen molar-refractivity contribution >= 4 is 17.9 Å². The Morgan fingerprint density at radius 1 is 0.685 bits per heavy atom. The van der Waals surface area contributed by atoms with Gasteiger partial charge in [-0.1, -0.05) is 53.2 Å². The lowest BCUT2D eigenvalue weighted by atomic mass is 9.33. The molecule has 21 nitrogen and oxygen atoms in total. The lowest BCUT2D eigenvalue weighted by Gasteiger charge is -2.71. The first-order valence-electron chi connectivity index (χ1n) is 26.2. The number of allylic oxidation sites excluding steroid dienone is 2. The number of esters is 3. The van der Waals surface area contributed by atoms with Gasteiger partial charge >= 0.3 is 17.9 Å². The zero-order valence-electron chi connectivity index (χ0n) is 43.4. The Morgan fingerprint density at radius 3 is 2.01 bits per heavy atom. The molecule has 0 radical (unpaired) electrons. The minimum absolute atomic E-state index is 0.00845. The number of carbonyl (C=O) groups is 3. The summed E-state index contributed by atoms with van der Waals surface area (Å²) in [5.74, 6) is -2.03. The van der Waals surface area contributed by atoms with Crippen LogP contribution in [0.2, 0.25) is 0 Å². The highest BCUT2D eigenvalue weighted by Gasteiger charge is 2.70. The molecule has 8 aliphatic rings. The van der Waals surface area contributed by atoms with E-state index in [-0.39, 0.29) is 46.0 Å². The summed E-state index contributed by atoms with van der Waals surface area (Å²) in [7, 11) is 1.21. The summed E-state index contributed by atoms with van der Waals surface area (Å²) in [4.78, 5) is 39.6. The maximum atomic E-state index is 15.1. The third-order valence-corrected chi connectivity index (χ3v) is 20.1. The van der Waals surface area contributed by atoms with Crippen LogP contribution in [-0.2, 0) is 52.3 Å². The quantitative estimate of drug-likeness (QED) is 0.0542. The molecule has 24 atom stereocenters. The summed E-state index contributed by atoms with van der Waals surface area (Å²) < 4.78 is 45.2. The third kappa shape index (κ3) is 9.63. The molecule has 3 saturated heterocycles. The van der Waals surface area contributed by atoms with E-state index in [0.29, 0.717) is 38.5 Å². The van der Waals surface area contributed by atoms with Crippen molar-refractivity contribution in [3.8, 4) is 0 Å². The van der Waals surface area contributed by atoms with E-state index in [0.717, 1.165) is 25.7 Å². The number of hydrogen-bond acceptors (Lipinski definition) is 21. The van der Waals surface area contributed by atoms with E-state index in [4.69, 9.17) is 33.2 Å². The van der Waals surface area contributed by atoms with Gasteiger partial charge in [0.1, 0.15) is 73.6 Å². The maximum Gasteiger partial charge on any atom is 0.317 e. The van der Waals surface area contributed by atoms with Crippen LogP contribution >= 0.6 is 0 Å². The number of ether oxygens (including phenoxy) is 8. The van der Waals surface area contributed by atoms with Gasteiger partial charge in [0.15, 0.2) is 12.6 Å². The summed E-state index contributed by atoms with van der Waals surface area (Å²) in [5, 5.41) is 108. The Kier molecular flexibility index (Phi) is 16.1. The fourth-order valence-electron chi connectivity index (χ4n) is 15.3. The standard InChI is InChI=1S/C52H82O21/c1-24-34(57)36(59)39(62)44(69-24)72-42-27(21-53)70-43(41(64)38(42)61)67-22-28-35(58)37(60)40(63)45(71-28)73-46(65)52-17-15-47(2,3)20-26(52)25-9-10-30-48(4)13-12-31(54)49(5,23-68-33(56)19-32(55)66-8)29(48)11-14-51(30,7)50(25,6)16-18-52/h9,24,26-31,34-45,53-54,57-64H,10-23H2,1-8H3/t24-,26?,27-,28-,29?,30?,31+,34+,35-,36-,37+,38-,39-,40-,41-,42-,43-,44+,45+,48+,49+,50-,51-,52+/m1/s1. The van der Waals surface area contributed by atoms with E-state index in [2.05, 4.69) is 45.4 Å². The highest BCUT2D eigenvalue weighted by Crippen LogP contribution is 2.76. The van der Waals surface area contributed by atoms with E-state index in [1.165, 1.54) is 19.6 Å². The Balaban J connectivity index is 0.973. The van der Waals surface area contributed by atoms with Gasteiger partial charge in [0.2, 0.25) is 6.29 Å². The van der Waals surface area contributed by atoms with Gasteiger partial charge in [0, 0.05) is 5.41 Å². The molecule has 0 aromatic rings. The molecule has 0 aromatic carbocycles. The molecule has 0 aromatic heterocycles. The minimum atomic E-state index is -1.87. The van der Waals surface area contributed by atoms with Crippen LogP contribution in [0.5, 0.6) is 0 Å². The number of aliphatic hydroxyl groups is 10. The van der Waals surface area contributed by atoms with Gasteiger partial charge in [-0.15, -0.1) is 0 Å². The number of hydrogen-bond donors (Lipinski definition) is 10. The van der Waals surface area contributed by atoms with Crippen LogP contribution in [0.15, 0.2) is 11.6 Å². The zero-order valence-corrected chi connectivity index (χ0v) is 43.4. The molecule has 0 bridgehead atoms. The molecule has 4 saturated carbocycles. The first-order chi connectivity index (χ1) is 34.1. The number of aliphatic hydroxyl groups excluding tert-OH is 10. The Morgan fingerprint density at radius 2 is 1.33 bits per heavy atom. The number of rotatable bonds is 12. The van der Waals surface area contributed by atoms with Crippen molar-refractivity contribution in [1.82, 2.24) is 0 Å². The van der Waals surface area contributed by atoms with Crippen LogP contribution in [0.4, 0.5) is 0 Å². The van der Waals surface area contributed by atoms with Gasteiger partial charge in [-0.05, 0) is 111 Å². The van der Waals surface area contributed by atoms with Crippen molar-refractivity contribution in [2.24, 2.45) is 50.2 Å². The second-order valence-electron chi connectivity index (χ2n) is 24.6. The van der Waals surface area contributed by atoms with E-state index in [9.17, 15) is 60.7 Å². The Bertz CT molecular complexity index is 2050. The highest BCUT2D eigenvalue weighted by molar-refractivity contribution is 5.91. The summed E-state index contributed by atoms with van der Waals surface area (Å²) >= 11 is 0. The fraction of sp³-hybridized carbons (Fsp3) is 0.904. The van der Waals surface area contributed by atoms with Crippen molar-refractivity contribution in [3.05, 3.63) is 11.6 Å². The van der Waals surface area contributed by atoms with Gasteiger partial charge < -0.3 is 89.0 Å². The molecule has 3 heterocycles.